The van der Waals surface area contributed by atoms with Crippen molar-refractivity contribution in [2.24, 2.45) is 0 Å². The molecule has 11 aromatic rings. The van der Waals surface area contributed by atoms with Crippen LogP contribution in [0.1, 0.15) is 0 Å². The van der Waals surface area contributed by atoms with Crippen molar-refractivity contribution >= 4 is 43.9 Å². The van der Waals surface area contributed by atoms with Crippen LogP contribution in [0.25, 0.3) is 111 Å². The highest BCUT2D eigenvalue weighted by atomic mass is 16.3. The van der Waals surface area contributed by atoms with E-state index >= 15 is 0 Å². The van der Waals surface area contributed by atoms with Gasteiger partial charge in [-0.05, 0) is 70.3 Å². The van der Waals surface area contributed by atoms with Crippen LogP contribution in [0.4, 0.5) is 0 Å². The number of hydrogen-bond donors (Lipinski definition) is 0. The van der Waals surface area contributed by atoms with Gasteiger partial charge < -0.3 is 8.83 Å². The first-order chi connectivity index (χ1) is 27.7. The van der Waals surface area contributed by atoms with Crippen LogP contribution >= 0.6 is 0 Å². The molecule has 5 heteroatoms. The minimum Gasteiger partial charge on any atom is -0.456 e. The van der Waals surface area contributed by atoms with Crippen LogP contribution in [0, 0.1) is 0 Å². The Morgan fingerprint density at radius 3 is 1.50 bits per heavy atom. The van der Waals surface area contributed by atoms with Crippen LogP contribution in [0.3, 0.4) is 0 Å². The van der Waals surface area contributed by atoms with E-state index in [9.17, 15) is 0 Å². The van der Waals surface area contributed by atoms with Crippen LogP contribution in [-0.4, -0.2) is 15.0 Å². The topological polar surface area (TPSA) is 65.0 Å². The van der Waals surface area contributed by atoms with Crippen molar-refractivity contribution in [3.05, 3.63) is 188 Å². The van der Waals surface area contributed by atoms with Crippen molar-refractivity contribution in [3.8, 4) is 67.5 Å². The van der Waals surface area contributed by atoms with E-state index in [0.29, 0.717) is 17.5 Å². The molecule has 8 aromatic carbocycles. The van der Waals surface area contributed by atoms with Crippen LogP contribution in [0.2, 0.25) is 0 Å². The van der Waals surface area contributed by atoms with Crippen molar-refractivity contribution in [1.29, 1.82) is 0 Å². The van der Waals surface area contributed by atoms with Crippen molar-refractivity contribution in [2.75, 3.05) is 0 Å². The molecule has 5 nitrogen and oxygen atoms in total. The summed E-state index contributed by atoms with van der Waals surface area (Å²) >= 11 is 0. The Morgan fingerprint density at radius 2 is 0.768 bits per heavy atom. The molecule has 0 aliphatic carbocycles. The summed E-state index contributed by atoms with van der Waals surface area (Å²) in [6.45, 7) is 0. The van der Waals surface area contributed by atoms with E-state index < -0.39 is 0 Å². The maximum Gasteiger partial charge on any atom is 0.164 e. The summed E-state index contributed by atoms with van der Waals surface area (Å²) in [6.07, 6.45) is 0. The van der Waals surface area contributed by atoms with Gasteiger partial charge in [0.15, 0.2) is 17.5 Å². The molecule has 0 N–H and O–H groups in total. The third-order valence-corrected chi connectivity index (χ3v) is 10.5. The van der Waals surface area contributed by atoms with Crippen molar-refractivity contribution in [3.63, 3.8) is 0 Å². The molecule has 3 heterocycles. The predicted octanol–water partition coefficient (Wildman–Crippen LogP) is 13.7. The molecule has 0 saturated heterocycles. The van der Waals surface area contributed by atoms with Gasteiger partial charge in [-0.3, -0.25) is 0 Å². The van der Waals surface area contributed by atoms with Gasteiger partial charge in [-0.1, -0.05) is 146 Å². The molecule has 11 rings (SSSR count). The highest BCUT2D eigenvalue weighted by Gasteiger charge is 2.18. The highest BCUT2D eigenvalue weighted by Crippen LogP contribution is 2.41. The molecule has 0 saturated carbocycles. The average Bonchev–Trinajstić information content (AvgIpc) is 3.84. The Balaban J connectivity index is 1.01. The third-order valence-electron chi connectivity index (χ3n) is 10.5. The second-order valence-electron chi connectivity index (χ2n) is 14.0. The number of para-hydroxylation sites is 1. The molecule has 3 aromatic heterocycles. The number of hydrogen-bond acceptors (Lipinski definition) is 5. The number of furan rings is 2. The van der Waals surface area contributed by atoms with E-state index in [1.54, 1.807) is 0 Å². The standard InChI is InChI=1S/C51H31N3O2/c1-4-12-32(13-5-1)33-20-22-36(23-21-33)50-52-49(35-16-8-3-9-17-35)53-51(54-50)38-24-26-41-43-28-37(25-27-46(43)55-47(41)31-38)39-29-42(34-14-6-2-7-15-34)48-44(30-39)40-18-10-11-19-45(40)56-48/h1-31H. The maximum atomic E-state index is 6.51. The molecule has 56 heavy (non-hydrogen) atoms. The summed E-state index contributed by atoms with van der Waals surface area (Å²) in [6, 6.07) is 64.6. The summed E-state index contributed by atoms with van der Waals surface area (Å²) in [7, 11) is 0. The van der Waals surface area contributed by atoms with E-state index in [4.69, 9.17) is 23.8 Å². The van der Waals surface area contributed by atoms with Crippen molar-refractivity contribution in [2.45, 2.75) is 0 Å². The summed E-state index contributed by atoms with van der Waals surface area (Å²) in [5.41, 5.74) is 12.7. The molecule has 0 spiro atoms. The molecular formula is C51H31N3O2. The van der Waals surface area contributed by atoms with E-state index in [1.807, 2.05) is 60.7 Å². The maximum absolute atomic E-state index is 6.51. The first-order valence-corrected chi connectivity index (χ1v) is 18.7. The van der Waals surface area contributed by atoms with Crippen LogP contribution in [0.5, 0.6) is 0 Å². The fourth-order valence-electron chi connectivity index (χ4n) is 7.71. The number of rotatable bonds is 6. The van der Waals surface area contributed by atoms with E-state index in [0.717, 1.165) is 93.9 Å². The fraction of sp³-hybridized carbons (Fsp3) is 0. The zero-order valence-corrected chi connectivity index (χ0v) is 30.1. The lowest BCUT2D eigenvalue weighted by Crippen LogP contribution is -2.00. The normalized spacial score (nSPS) is 11.6. The van der Waals surface area contributed by atoms with Gasteiger partial charge in [-0.2, -0.15) is 0 Å². The van der Waals surface area contributed by atoms with E-state index in [-0.39, 0.29) is 0 Å². The quantitative estimate of drug-likeness (QED) is 0.171. The second-order valence-corrected chi connectivity index (χ2v) is 14.0. The van der Waals surface area contributed by atoms with Gasteiger partial charge in [0.05, 0.1) is 0 Å². The summed E-state index contributed by atoms with van der Waals surface area (Å²) < 4.78 is 13.0. The van der Waals surface area contributed by atoms with E-state index in [2.05, 4.69) is 127 Å². The molecule has 0 unspecified atom stereocenters. The minimum atomic E-state index is 0.582. The predicted molar refractivity (Wildman–Crippen MR) is 227 cm³/mol. The average molecular weight is 718 g/mol. The Bertz CT molecular complexity index is 3220. The number of fused-ring (bicyclic) bond motifs is 6. The van der Waals surface area contributed by atoms with E-state index in [1.165, 1.54) is 0 Å². The van der Waals surface area contributed by atoms with Gasteiger partial charge in [0, 0.05) is 43.8 Å². The molecule has 262 valence electrons. The Labute approximate surface area is 322 Å². The molecule has 0 amide bonds. The summed E-state index contributed by atoms with van der Waals surface area (Å²) in [5.74, 6) is 1.81. The Kier molecular flexibility index (Phi) is 7.42. The molecule has 0 radical (unpaired) electrons. The molecule has 0 aliphatic heterocycles. The highest BCUT2D eigenvalue weighted by molar-refractivity contribution is 6.12. The van der Waals surface area contributed by atoms with Crippen LogP contribution in [0.15, 0.2) is 197 Å². The van der Waals surface area contributed by atoms with Gasteiger partial charge >= 0.3 is 0 Å². The first-order valence-electron chi connectivity index (χ1n) is 18.7. The van der Waals surface area contributed by atoms with Crippen molar-refractivity contribution in [1.82, 2.24) is 15.0 Å². The Morgan fingerprint density at radius 1 is 0.268 bits per heavy atom. The zero-order valence-electron chi connectivity index (χ0n) is 30.1. The number of aromatic nitrogens is 3. The van der Waals surface area contributed by atoms with Crippen LogP contribution < -0.4 is 0 Å². The smallest absolute Gasteiger partial charge is 0.164 e. The first kappa shape index (κ1) is 31.9. The SMILES string of the molecule is c1ccc(-c2ccc(-c3nc(-c4ccccc4)nc(-c4ccc5c(c4)oc4ccc(-c6cc(-c7ccccc7)c7oc8ccccc8c7c6)cc45)n3)cc2)cc1. The second kappa shape index (κ2) is 13.0. The molecule has 0 bridgehead atoms. The molecule has 0 atom stereocenters. The monoisotopic (exact) mass is 717 g/mol. The summed E-state index contributed by atoms with van der Waals surface area (Å²) in [4.78, 5) is 14.9. The lowest BCUT2D eigenvalue weighted by Gasteiger charge is -2.09. The van der Waals surface area contributed by atoms with Gasteiger partial charge in [-0.25, -0.2) is 15.0 Å². The molecule has 0 aliphatic rings. The van der Waals surface area contributed by atoms with Gasteiger partial charge in [0.25, 0.3) is 0 Å². The third kappa shape index (κ3) is 5.53. The minimum absolute atomic E-state index is 0.582. The largest absolute Gasteiger partial charge is 0.456 e. The van der Waals surface area contributed by atoms with Gasteiger partial charge in [0.2, 0.25) is 0 Å². The van der Waals surface area contributed by atoms with Crippen LogP contribution in [-0.2, 0) is 0 Å². The number of benzene rings is 8. The zero-order chi connectivity index (χ0) is 37.0. The van der Waals surface area contributed by atoms with Gasteiger partial charge in [-0.15, -0.1) is 0 Å². The number of nitrogens with zero attached hydrogens (tertiary/aromatic N) is 3. The molecular weight excluding hydrogens is 687 g/mol. The summed E-state index contributed by atoms with van der Waals surface area (Å²) in [5, 5.41) is 4.27. The fourth-order valence-corrected chi connectivity index (χ4v) is 7.71. The Hall–Kier alpha value is -7.63. The van der Waals surface area contributed by atoms with Gasteiger partial charge in [0.1, 0.15) is 22.3 Å². The lowest BCUT2D eigenvalue weighted by atomic mass is 9.95. The van der Waals surface area contributed by atoms with Crippen molar-refractivity contribution < 1.29 is 8.83 Å². The lowest BCUT2D eigenvalue weighted by molar-refractivity contribution is 0.669. The molecule has 0 fully saturated rings.